The quantitative estimate of drug-likeness (QED) is 0.349. The molecule has 3 unspecified atom stereocenters. The van der Waals surface area contributed by atoms with Gasteiger partial charge in [-0.25, -0.2) is 0 Å². The smallest absolute Gasteiger partial charge is 0.195 e. The first-order valence-corrected chi connectivity index (χ1v) is 3.65. The van der Waals surface area contributed by atoms with Gasteiger partial charge in [0.25, 0.3) is 0 Å². The second-order valence-electron chi connectivity index (χ2n) is 2.93. The fraction of sp³-hybridized carbons (Fsp3) is 1.00. The van der Waals surface area contributed by atoms with Gasteiger partial charge < -0.3 is 14.9 Å². The lowest BCUT2D eigenvalue weighted by molar-refractivity contribution is -0.0866. The molecule has 2 N–H and O–H groups in total. The zero-order valence-corrected chi connectivity index (χ0v) is 6.71. The molecule has 0 spiro atoms. The molecule has 0 amide bonds. The summed E-state index contributed by atoms with van der Waals surface area (Å²) >= 11 is 0. The zero-order chi connectivity index (χ0) is 9.19. The Kier molecular flexibility index (Phi) is 2.54. The average Bonchev–Trinajstić information content (AvgIpc) is 2.35. The van der Waals surface area contributed by atoms with Gasteiger partial charge in [0.15, 0.2) is 5.72 Å². The standard InChI is InChI=1S/C6H11N3O3/c1-4-2-12-6(3-10,5(4)11)8-9-7/h4-5,10-11H,2-3H2,1H3. The van der Waals surface area contributed by atoms with Crippen LogP contribution in [0, 0.1) is 5.92 Å². The maximum atomic E-state index is 9.49. The fourth-order valence-corrected chi connectivity index (χ4v) is 1.23. The van der Waals surface area contributed by atoms with E-state index >= 15 is 0 Å². The Balaban J connectivity index is 2.87. The number of hydrogen-bond donors (Lipinski definition) is 2. The molecule has 68 valence electrons. The lowest BCUT2D eigenvalue weighted by atomic mass is 10.0. The Labute approximate surface area is 69.4 Å². The van der Waals surface area contributed by atoms with Crippen LogP contribution in [0.5, 0.6) is 0 Å². The molecule has 1 rings (SSSR count). The van der Waals surface area contributed by atoms with Crippen LogP contribution in [0.15, 0.2) is 5.11 Å². The number of hydrogen-bond acceptors (Lipinski definition) is 4. The molecule has 1 fully saturated rings. The van der Waals surface area contributed by atoms with E-state index in [-0.39, 0.29) is 5.92 Å². The van der Waals surface area contributed by atoms with Gasteiger partial charge in [0, 0.05) is 10.8 Å². The van der Waals surface area contributed by atoms with E-state index < -0.39 is 18.4 Å². The average molecular weight is 173 g/mol. The van der Waals surface area contributed by atoms with Crippen LogP contribution in [0.25, 0.3) is 10.4 Å². The van der Waals surface area contributed by atoms with Gasteiger partial charge in [-0.15, -0.1) is 0 Å². The van der Waals surface area contributed by atoms with Crippen LogP contribution in [0.2, 0.25) is 0 Å². The molecule has 0 aromatic heterocycles. The predicted octanol–water partition coefficient (Wildman–Crippen LogP) is 0.0125. The third kappa shape index (κ3) is 1.25. The van der Waals surface area contributed by atoms with Crippen molar-refractivity contribution in [1.82, 2.24) is 0 Å². The number of nitrogens with zero attached hydrogens (tertiary/aromatic N) is 3. The molecule has 0 aliphatic carbocycles. The molecule has 1 aliphatic rings. The zero-order valence-electron chi connectivity index (χ0n) is 6.71. The summed E-state index contributed by atoms with van der Waals surface area (Å²) in [7, 11) is 0. The molecule has 12 heavy (non-hydrogen) atoms. The van der Waals surface area contributed by atoms with Crippen molar-refractivity contribution in [3.63, 3.8) is 0 Å². The summed E-state index contributed by atoms with van der Waals surface area (Å²) in [6.45, 7) is 1.55. The Morgan fingerprint density at radius 1 is 1.83 bits per heavy atom. The highest BCUT2D eigenvalue weighted by Gasteiger charge is 2.46. The minimum Gasteiger partial charge on any atom is -0.393 e. The van der Waals surface area contributed by atoms with Crippen molar-refractivity contribution in [3.8, 4) is 0 Å². The fourth-order valence-electron chi connectivity index (χ4n) is 1.23. The molecule has 0 aromatic carbocycles. The van der Waals surface area contributed by atoms with Crippen LogP contribution in [0.1, 0.15) is 6.92 Å². The first kappa shape index (κ1) is 9.28. The van der Waals surface area contributed by atoms with Gasteiger partial charge >= 0.3 is 0 Å². The lowest BCUT2D eigenvalue weighted by Gasteiger charge is -2.24. The molecule has 1 aliphatic heterocycles. The number of azide groups is 1. The van der Waals surface area contributed by atoms with Gasteiger partial charge in [-0.05, 0) is 5.53 Å². The van der Waals surface area contributed by atoms with Gasteiger partial charge in [-0.3, -0.25) is 0 Å². The van der Waals surface area contributed by atoms with Crippen LogP contribution >= 0.6 is 0 Å². The maximum absolute atomic E-state index is 9.49. The van der Waals surface area contributed by atoms with Crippen molar-refractivity contribution in [3.05, 3.63) is 10.4 Å². The third-order valence-electron chi connectivity index (χ3n) is 2.04. The van der Waals surface area contributed by atoms with Crippen LogP contribution in [0.3, 0.4) is 0 Å². The molecular formula is C6H11N3O3. The SMILES string of the molecule is CC1COC(CO)(N=[N+]=[N-])C1O. The van der Waals surface area contributed by atoms with Crippen LogP contribution in [0.4, 0.5) is 0 Å². The minimum atomic E-state index is -1.46. The first-order chi connectivity index (χ1) is 5.66. The maximum Gasteiger partial charge on any atom is 0.195 e. The van der Waals surface area contributed by atoms with Crippen molar-refractivity contribution in [2.75, 3.05) is 13.2 Å². The first-order valence-electron chi connectivity index (χ1n) is 3.65. The van der Waals surface area contributed by atoms with E-state index in [0.717, 1.165) is 0 Å². The Bertz CT molecular complexity index is 216. The third-order valence-corrected chi connectivity index (χ3v) is 2.04. The summed E-state index contributed by atoms with van der Waals surface area (Å²) in [6, 6.07) is 0. The summed E-state index contributed by atoms with van der Waals surface area (Å²) < 4.78 is 5.03. The highest BCUT2D eigenvalue weighted by molar-refractivity contribution is 4.93. The van der Waals surface area contributed by atoms with E-state index in [4.69, 9.17) is 15.4 Å². The van der Waals surface area contributed by atoms with Crippen molar-refractivity contribution in [1.29, 1.82) is 0 Å². The molecule has 0 radical (unpaired) electrons. The Morgan fingerprint density at radius 2 is 2.50 bits per heavy atom. The van der Waals surface area contributed by atoms with E-state index in [1.165, 1.54) is 0 Å². The number of aliphatic hydroxyl groups excluding tert-OH is 2. The highest BCUT2D eigenvalue weighted by atomic mass is 16.5. The summed E-state index contributed by atoms with van der Waals surface area (Å²) in [5.74, 6) is -0.123. The van der Waals surface area contributed by atoms with Crippen molar-refractivity contribution in [2.24, 2.45) is 11.0 Å². The summed E-state index contributed by atoms with van der Waals surface area (Å²) in [6.07, 6.45) is -0.932. The molecule has 6 heteroatoms. The molecule has 0 bridgehead atoms. The monoisotopic (exact) mass is 173 g/mol. The molecule has 1 saturated heterocycles. The normalized spacial score (nSPS) is 40.9. The molecule has 3 atom stereocenters. The summed E-state index contributed by atoms with van der Waals surface area (Å²) in [5.41, 5.74) is 6.72. The van der Waals surface area contributed by atoms with Gasteiger partial charge in [0.1, 0.15) is 0 Å². The second kappa shape index (κ2) is 3.28. The topological polar surface area (TPSA) is 98.5 Å². The molecule has 0 aromatic rings. The second-order valence-corrected chi connectivity index (χ2v) is 2.93. The molecule has 0 saturated carbocycles. The minimum absolute atomic E-state index is 0.123. The van der Waals surface area contributed by atoms with Gasteiger partial charge in [0.05, 0.1) is 19.3 Å². The van der Waals surface area contributed by atoms with Crippen molar-refractivity contribution >= 4 is 0 Å². The van der Waals surface area contributed by atoms with E-state index in [1.54, 1.807) is 6.92 Å². The van der Waals surface area contributed by atoms with Gasteiger partial charge in [-0.2, -0.15) is 0 Å². The van der Waals surface area contributed by atoms with Crippen molar-refractivity contribution < 1.29 is 14.9 Å². The largest absolute Gasteiger partial charge is 0.393 e. The van der Waals surface area contributed by atoms with E-state index in [9.17, 15) is 5.11 Å². The number of rotatable bonds is 2. The Hall–Kier alpha value is -0.810. The number of aliphatic hydroxyl groups is 2. The summed E-state index contributed by atoms with van der Waals surface area (Å²) in [5, 5.41) is 21.6. The van der Waals surface area contributed by atoms with Crippen LogP contribution < -0.4 is 0 Å². The summed E-state index contributed by atoms with van der Waals surface area (Å²) in [4.78, 5) is 2.53. The lowest BCUT2D eigenvalue weighted by Crippen LogP contribution is -2.42. The van der Waals surface area contributed by atoms with Crippen molar-refractivity contribution in [2.45, 2.75) is 18.8 Å². The van der Waals surface area contributed by atoms with E-state index in [0.29, 0.717) is 6.61 Å². The van der Waals surface area contributed by atoms with E-state index in [1.807, 2.05) is 0 Å². The predicted molar refractivity (Wildman–Crippen MR) is 40.1 cm³/mol. The van der Waals surface area contributed by atoms with Gasteiger partial charge in [-0.1, -0.05) is 12.0 Å². The van der Waals surface area contributed by atoms with E-state index in [2.05, 4.69) is 10.0 Å². The molecule has 1 heterocycles. The number of ether oxygens (including phenoxy) is 1. The van der Waals surface area contributed by atoms with Crippen LogP contribution in [-0.4, -0.2) is 35.3 Å². The Morgan fingerprint density at radius 3 is 2.83 bits per heavy atom. The van der Waals surface area contributed by atoms with Gasteiger partial charge in [0.2, 0.25) is 0 Å². The molecule has 6 nitrogen and oxygen atoms in total. The molecular weight excluding hydrogens is 162 g/mol. The highest BCUT2D eigenvalue weighted by Crippen LogP contribution is 2.31. The van der Waals surface area contributed by atoms with Crippen LogP contribution in [-0.2, 0) is 4.74 Å².